The molecule has 2 aromatic heterocycles. The van der Waals surface area contributed by atoms with Crippen LogP contribution in [0.1, 0.15) is 26.3 Å². The molecule has 0 fully saturated rings. The summed E-state index contributed by atoms with van der Waals surface area (Å²) in [5.41, 5.74) is 2.61. The van der Waals surface area contributed by atoms with Gasteiger partial charge >= 0.3 is 6.09 Å². The first kappa shape index (κ1) is 21.0. The molecule has 8 heteroatoms. The van der Waals surface area contributed by atoms with Gasteiger partial charge in [0.25, 0.3) is 0 Å². The average Bonchev–Trinajstić information content (AvgIpc) is 3.12. The molecule has 1 N–H and O–H groups in total. The summed E-state index contributed by atoms with van der Waals surface area (Å²) in [5, 5.41) is 23.3. The highest BCUT2D eigenvalue weighted by atomic mass is 19.1. The van der Waals surface area contributed by atoms with E-state index in [9.17, 15) is 19.6 Å². The van der Waals surface area contributed by atoms with Crippen molar-refractivity contribution in [3.8, 4) is 28.5 Å². The highest BCUT2D eigenvalue weighted by molar-refractivity contribution is 5.87. The number of amides is 1. The number of anilines is 1. The van der Waals surface area contributed by atoms with E-state index in [-0.39, 0.29) is 12.1 Å². The summed E-state index contributed by atoms with van der Waals surface area (Å²) in [5.74, 6) is 0.0709. The third-order valence-corrected chi connectivity index (χ3v) is 4.55. The summed E-state index contributed by atoms with van der Waals surface area (Å²) in [6.07, 6.45) is 2.33. The third kappa shape index (κ3) is 4.30. The second-order valence-electron chi connectivity index (χ2n) is 7.24. The lowest BCUT2D eigenvalue weighted by Crippen LogP contribution is -2.29. The normalized spacial score (nSPS) is 10.8. The van der Waals surface area contributed by atoms with Crippen LogP contribution in [-0.4, -0.2) is 32.5 Å². The van der Waals surface area contributed by atoms with Crippen molar-refractivity contribution in [1.82, 2.24) is 14.8 Å². The lowest BCUT2D eigenvalue weighted by atomic mass is 10.0. The van der Waals surface area contributed by atoms with Crippen molar-refractivity contribution in [2.24, 2.45) is 5.92 Å². The summed E-state index contributed by atoms with van der Waals surface area (Å²) >= 11 is 0. The molecule has 7 nitrogen and oxygen atoms in total. The predicted molar refractivity (Wildman–Crippen MR) is 111 cm³/mol. The maximum atomic E-state index is 13.8. The number of halogens is 1. The quantitative estimate of drug-likeness (QED) is 0.634. The van der Waals surface area contributed by atoms with Crippen molar-refractivity contribution < 1.29 is 14.3 Å². The largest absolute Gasteiger partial charge is 0.465 e. The molecule has 0 aliphatic rings. The van der Waals surface area contributed by atoms with Crippen LogP contribution < -0.4 is 4.90 Å². The molecule has 154 valence electrons. The van der Waals surface area contributed by atoms with E-state index >= 15 is 0 Å². The SMILES string of the molecule is CCN(C(=O)O)c1cc(-c2cn(CC(C)C)nc2-c2ccc(F)c(C#N)c2)ccn1. The molecule has 0 aliphatic carbocycles. The van der Waals surface area contributed by atoms with E-state index in [0.717, 1.165) is 16.0 Å². The fourth-order valence-electron chi connectivity index (χ4n) is 3.20. The summed E-state index contributed by atoms with van der Waals surface area (Å²) < 4.78 is 15.6. The molecule has 2 heterocycles. The monoisotopic (exact) mass is 407 g/mol. The van der Waals surface area contributed by atoms with Crippen molar-refractivity contribution in [2.45, 2.75) is 27.3 Å². The van der Waals surface area contributed by atoms with E-state index in [4.69, 9.17) is 0 Å². The van der Waals surface area contributed by atoms with Crippen LogP contribution in [-0.2, 0) is 6.54 Å². The molecule has 0 radical (unpaired) electrons. The molecular weight excluding hydrogens is 385 g/mol. The number of pyridine rings is 1. The summed E-state index contributed by atoms with van der Waals surface area (Å²) in [7, 11) is 0. The van der Waals surface area contributed by atoms with Gasteiger partial charge < -0.3 is 5.11 Å². The Bertz CT molecular complexity index is 1120. The van der Waals surface area contributed by atoms with Gasteiger partial charge in [0.1, 0.15) is 23.4 Å². The first-order valence-corrected chi connectivity index (χ1v) is 9.58. The van der Waals surface area contributed by atoms with E-state index in [0.29, 0.717) is 29.5 Å². The minimum atomic E-state index is -1.09. The van der Waals surface area contributed by atoms with Gasteiger partial charge in [0.15, 0.2) is 0 Å². The standard InChI is InChI=1S/C22H22FN5O2/c1-4-28(22(29)30)20-10-15(7-8-25-20)18-13-27(12-14(2)3)26-21(18)16-5-6-19(23)17(9-16)11-24/h5-10,13-14H,4,12H2,1-3H3,(H,29,30). The molecule has 3 aromatic rings. The zero-order valence-electron chi connectivity index (χ0n) is 17.0. The number of hydrogen-bond donors (Lipinski definition) is 1. The van der Waals surface area contributed by atoms with Gasteiger partial charge in [0, 0.05) is 36.6 Å². The minimum Gasteiger partial charge on any atom is -0.465 e. The van der Waals surface area contributed by atoms with Crippen LogP contribution >= 0.6 is 0 Å². The van der Waals surface area contributed by atoms with Crippen LogP contribution in [0, 0.1) is 23.1 Å². The molecule has 0 aliphatic heterocycles. The zero-order valence-corrected chi connectivity index (χ0v) is 17.0. The van der Waals surface area contributed by atoms with Gasteiger partial charge in [0.05, 0.1) is 5.56 Å². The second-order valence-corrected chi connectivity index (χ2v) is 7.24. The predicted octanol–water partition coefficient (Wildman–Crippen LogP) is 4.78. The number of nitriles is 1. The van der Waals surface area contributed by atoms with Crippen LogP contribution in [0.2, 0.25) is 0 Å². The van der Waals surface area contributed by atoms with E-state index < -0.39 is 11.9 Å². The van der Waals surface area contributed by atoms with Crippen LogP contribution in [0.3, 0.4) is 0 Å². The van der Waals surface area contributed by atoms with E-state index in [1.165, 1.54) is 12.1 Å². The van der Waals surface area contributed by atoms with Crippen LogP contribution in [0.25, 0.3) is 22.4 Å². The van der Waals surface area contributed by atoms with Gasteiger partial charge in [-0.15, -0.1) is 0 Å². The fourth-order valence-corrected chi connectivity index (χ4v) is 3.20. The van der Waals surface area contributed by atoms with Crippen molar-refractivity contribution >= 4 is 11.9 Å². The van der Waals surface area contributed by atoms with Crippen molar-refractivity contribution in [3.05, 3.63) is 54.1 Å². The van der Waals surface area contributed by atoms with E-state index in [1.807, 2.05) is 12.3 Å². The number of rotatable bonds is 6. The number of aromatic nitrogens is 3. The van der Waals surface area contributed by atoms with E-state index in [1.54, 1.807) is 36.0 Å². The van der Waals surface area contributed by atoms with Crippen LogP contribution in [0.4, 0.5) is 15.0 Å². The van der Waals surface area contributed by atoms with Crippen LogP contribution in [0.15, 0.2) is 42.7 Å². The Morgan fingerprint density at radius 3 is 2.70 bits per heavy atom. The van der Waals surface area contributed by atoms with E-state index in [2.05, 4.69) is 23.9 Å². The number of carbonyl (C=O) groups is 1. The topological polar surface area (TPSA) is 95.0 Å². The van der Waals surface area contributed by atoms with Crippen molar-refractivity contribution in [2.75, 3.05) is 11.4 Å². The molecule has 0 saturated carbocycles. The average molecular weight is 407 g/mol. The summed E-state index contributed by atoms with van der Waals surface area (Å²) in [6.45, 7) is 6.81. The van der Waals surface area contributed by atoms with Gasteiger partial charge in [-0.1, -0.05) is 13.8 Å². The molecule has 30 heavy (non-hydrogen) atoms. The smallest absolute Gasteiger partial charge is 0.412 e. The Hall–Kier alpha value is -3.73. The Morgan fingerprint density at radius 1 is 1.30 bits per heavy atom. The van der Waals surface area contributed by atoms with Gasteiger partial charge in [-0.2, -0.15) is 10.4 Å². The molecule has 3 rings (SSSR count). The molecule has 0 bridgehead atoms. The number of benzene rings is 1. The first-order valence-electron chi connectivity index (χ1n) is 9.58. The van der Waals surface area contributed by atoms with Gasteiger partial charge in [0.2, 0.25) is 0 Å². The maximum absolute atomic E-state index is 13.8. The van der Waals surface area contributed by atoms with Crippen LogP contribution in [0.5, 0.6) is 0 Å². The molecule has 1 aromatic carbocycles. The highest BCUT2D eigenvalue weighted by Gasteiger charge is 2.18. The lowest BCUT2D eigenvalue weighted by molar-refractivity contribution is 0.202. The molecule has 0 atom stereocenters. The maximum Gasteiger partial charge on any atom is 0.412 e. The third-order valence-electron chi connectivity index (χ3n) is 4.55. The highest BCUT2D eigenvalue weighted by Crippen LogP contribution is 2.33. The number of nitrogens with zero attached hydrogens (tertiary/aromatic N) is 5. The fraction of sp³-hybridized carbons (Fsp3) is 0.273. The van der Waals surface area contributed by atoms with Gasteiger partial charge in [-0.25, -0.2) is 14.2 Å². The molecule has 1 amide bonds. The summed E-state index contributed by atoms with van der Waals surface area (Å²) in [6, 6.07) is 9.62. The Balaban J connectivity index is 2.16. The second kappa shape index (κ2) is 8.74. The molecule has 0 unspecified atom stereocenters. The Labute approximate surface area is 174 Å². The Kier molecular flexibility index (Phi) is 6.11. The van der Waals surface area contributed by atoms with Crippen molar-refractivity contribution in [3.63, 3.8) is 0 Å². The zero-order chi connectivity index (χ0) is 21.8. The number of carboxylic acid groups (broad SMARTS) is 1. The van der Waals surface area contributed by atoms with Gasteiger partial charge in [-0.05, 0) is 48.7 Å². The number of hydrogen-bond acceptors (Lipinski definition) is 4. The Morgan fingerprint density at radius 2 is 2.07 bits per heavy atom. The van der Waals surface area contributed by atoms with Crippen molar-refractivity contribution in [1.29, 1.82) is 5.26 Å². The molecule has 0 saturated heterocycles. The van der Waals surface area contributed by atoms with Gasteiger partial charge in [-0.3, -0.25) is 9.58 Å². The molecular formula is C22H22FN5O2. The minimum absolute atomic E-state index is 0.0599. The lowest BCUT2D eigenvalue weighted by Gasteiger charge is -2.16. The molecule has 0 spiro atoms. The first-order chi connectivity index (χ1) is 14.3. The summed E-state index contributed by atoms with van der Waals surface area (Å²) in [4.78, 5) is 16.8.